The fourth-order valence-corrected chi connectivity index (χ4v) is 1.27. The summed E-state index contributed by atoms with van der Waals surface area (Å²) in [5.41, 5.74) is 9.32. The summed E-state index contributed by atoms with van der Waals surface area (Å²) in [7, 11) is 0. The first-order valence-electron chi connectivity index (χ1n) is 5.60. The zero-order valence-corrected chi connectivity index (χ0v) is 10.3. The second-order valence-electron chi connectivity index (χ2n) is 3.46. The van der Waals surface area contributed by atoms with Crippen LogP contribution in [0.3, 0.4) is 0 Å². The summed E-state index contributed by atoms with van der Waals surface area (Å²) in [6.45, 7) is 3.39. The molecule has 0 aromatic heterocycles. The van der Waals surface area contributed by atoms with E-state index in [2.05, 4.69) is 16.6 Å². The molecule has 0 radical (unpaired) electrons. The zero-order valence-electron chi connectivity index (χ0n) is 10.3. The van der Waals surface area contributed by atoms with E-state index in [0.29, 0.717) is 11.3 Å². The van der Waals surface area contributed by atoms with Crippen LogP contribution in [0.4, 0.5) is 5.69 Å². The Balaban J connectivity index is 0.000000191. The van der Waals surface area contributed by atoms with E-state index >= 15 is 0 Å². The van der Waals surface area contributed by atoms with Crippen LogP contribution in [-0.4, -0.2) is 5.78 Å². The molecule has 0 spiro atoms. The van der Waals surface area contributed by atoms with E-state index in [1.807, 2.05) is 36.4 Å². The number of rotatable bonds is 3. The number of azide groups is 1. The van der Waals surface area contributed by atoms with Crippen LogP contribution < -0.4 is 0 Å². The molecule has 2 rings (SSSR count). The van der Waals surface area contributed by atoms with Crippen molar-refractivity contribution in [3.63, 3.8) is 0 Å². The van der Waals surface area contributed by atoms with Gasteiger partial charge in [-0.2, -0.15) is 0 Å². The van der Waals surface area contributed by atoms with Gasteiger partial charge in [-0.3, -0.25) is 4.79 Å². The van der Waals surface area contributed by atoms with Crippen LogP contribution in [0.5, 0.6) is 0 Å². The van der Waals surface area contributed by atoms with Gasteiger partial charge in [0.15, 0.2) is 5.78 Å². The van der Waals surface area contributed by atoms with E-state index in [9.17, 15) is 4.79 Å². The Morgan fingerprint density at radius 3 is 2.05 bits per heavy atom. The van der Waals surface area contributed by atoms with Gasteiger partial charge >= 0.3 is 0 Å². The highest BCUT2D eigenvalue weighted by Gasteiger charge is 1.95. The van der Waals surface area contributed by atoms with Crippen LogP contribution >= 0.6 is 0 Å². The maximum absolute atomic E-state index is 10.9. The topological polar surface area (TPSA) is 65.8 Å². The molecule has 2 aromatic carbocycles. The van der Waals surface area contributed by atoms with Crippen molar-refractivity contribution in [3.8, 4) is 0 Å². The zero-order chi connectivity index (χ0) is 13.9. The summed E-state index contributed by atoms with van der Waals surface area (Å²) in [5, 5.41) is 3.39. The molecular weight excluding hydrogens is 238 g/mol. The normalized spacial score (nSPS) is 8.42. The highest BCUT2D eigenvalue weighted by molar-refractivity contribution is 6.04. The Kier molecular flexibility index (Phi) is 6.20. The van der Waals surface area contributed by atoms with Gasteiger partial charge in [-0.1, -0.05) is 72.4 Å². The minimum atomic E-state index is -0.0272. The van der Waals surface area contributed by atoms with E-state index in [1.54, 1.807) is 24.3 Å². The summed E-state index contributed by atoms with van der Waals surface area (Å²) >= 11 is 0. The number of benzene rings is 2. The predicted octanol–water partition coefficient (Wildman–Crippen LogP) is 4.68. The van der Waals surface area contributed by atoms with Crippen LogP contribution in [-0.2, 0) is 0 Å². The van der Waals surface area contributed by atoms with Crippen molar-refractivity contribution in [2.75, 3.05) is 0 Å². The lowest BCUT2D eigenvalue weighted by Crippen LogP contribution is -1.90. The standard InChI is InChI=1S/C9H8O.C6H5N3/c1-2-9(10)8-6-4-3-5-7-8;7-9-8-6-4-2-1-3-5-6/h2-7H,1H2;1-5H. The van der Waals surface area contributed by atoms with Crippen molar-refractivity contribution in [2.24, 2.45) is 5.11 Å². The van der Waals surface area contributed by atoms with Gasteiger partial charge < -0.3 is 0 Å². The van der Waals surface area contributed by atoms with Gasteiger partial charge in [0, 0.05) is 16.2 Å². The molecule has 0 N–H and O–H groups in total. The first kappa shape index (κ1) is 14.2. The van der Waals surface area contributed by atoms with Crippen molar-refractivity contribution in [1.29, 1.82) is 0 Å². The van der Waals surface area contributed by atoms with Gasteiger partial charge in [-0.15, -0.1) is 0 Å². The van der Waals surface area contributed by atoms with Crippen molar-refractivity contribution in [1.82, 2.24) is 0 Å². The third kappa shape index (κ3) is 5.35. The van der Waals surface area contributed by atoms with Crippen LogP contribution in [0.25, 0.3) is 10.4 Å². The van der Waals surface area contributed by atoms with Crippen molar-refractivity contribution in [3.05, 3.63) is 89.3 Å². The molecular formula is C15H13N3O. The van der Waals surface area contributed by atoms with E-state index in [-0.39, 0.29) is 5.78 Å². The van der Waals surface area contributed by atoms with E-state index in [0.717, 1.165) is 0 Å². The average Bonchev–Trinajstić information content (AvgIpc) is 2.49. The molecule has 0 saturated heterocycles. The van der Waals surface area contributed by atoms with Crippen LogP contribution in [0.15, 0.2) is 78.4 Å². The maximum Gasteiger partial charge on any atom is 0.185 e. The molecule has 0 amide bonds. The second-order valence-corrected chi connectivity index (χ2v) is 3.46. The van der Waals surface area contributed by atoms with Gasteiger partial charge in [-0.05, 0) is 11.6 Å². The minimum Gasteiger partial charge on any atom is -0.289 e. The van der Waals surface area contributed by atoms with E-state index in [4.69, 9.17) is 5.53 Å². The number of allylic oxidation sites excluding steroid dienone is 1. The minimum absolute atomic E-state index is 0.0272. The molecule has 0 unspecified atom stereocenters. The molecule has 94 valence electrons. The fraction of sp³-hybridized carbons (Fsp3) is 0. The monoisotopic (exact) mass is 251 g/mol. The average molecular weight is 251 g/mol. The molecule has 0 saturated carbocycles. The third-order valence-corrected chi connectivity index (χ3v) is 2.16. The van der Waals surface area contributed by atoms with Crippen LogP contribution in [0.2, 0.25) is 0 Å². The van der Waals surface area contributed by atoms with Gasteiger partial charge in [0.1, 0.15) is 0 Å². The first-order valence-corrected chi connectivity index (χ1v) is 5.60. The smallest absolute Gasteiger partial charge is 0.185 e. The fourth-order valence-electron chi connectivity index (χ4n) is 1.27. The number of hydrogen-bond acceptors (Lipinski definition) is 2. The Hall–Kier alpha value is -2.84. The van der Waals surface area contributed by atoms with Crippen molar-refractivity contribution < 1.29 is 4.79 Å². The van der Waals surface area contributed by atoms with Gasteiger partial charge in [0.25, 0.3) is 0 Å². The lowest BCUT2D eigenvalue weighted by molar-refractivity contribution is 0.104. The van der Waals surface area contributed by atoms with Crippen LogP contribution in [0, 0.1) is 0 Å². The molecule has 0 bridgehead atoms. The molecule has 0 aliphatic rings. The first-order chi connectivity index (χ1) is 9.27. The van der Waals surface area contributed by atoms with E-state index in [1.165, 1.54) is 6.08 Å². The maximum atomic E-state index is 10.9. The van der Waals surface area contributed by atoms with E-state index < -0.39 is 0 Å². The molecule has 0 aliphatic heterocycles. The quantitative estimate of drug-likeness (QED) is 0.256. The van der Waals surface area contributed by atoms with Crippen LogP contribution in [0.1, 0.15) is 10.4 Å². The third-order valence-electron chi connectivity index (χ3n) is 2.16. The number of carbonyl (C=O) groups is 1. The van der Waals surface area contributed by atoms with Crippen molar-refractivity contribution in [2.45, 2.75) is 0 Å². The van der Waals surface area contributed by atoms with Gasteiger partial charge in [-0.25, -0.2) is 0 Å². The van der Waals surface area contributed by atoms with Gasteiger partial charge in [0.05, 0.1) is 0 Å². The molecule has 0 aliphatic carbocycles. The van der Waals surface area contributed by atoms with Crippen molar-refractivity contribution >= 4 is 11.5 Å². The Bertz CT molecular complexity index is 573. The highest BCUT2D eigenvalue weighted by atomic mass is 16.1. The summed E-state index contributed by atoms with van der Waals surface area (Å²) in [5.74, 6) is -0.0272. The molecule has 0 heterocycles. The molecule has 4 heteroatoms. The largest absolute Gasteiger partial charge is 0.289 e. The second kappa shape index (κ2) is 8.28. The molecule has 0 fully saturated rings. The predicted molar refractivity (Wildman–Crippen MR) is 76.2 cm³/mol. The number of nitrogens with zero attached hydrogens (tertiary/aromatic N) is 3. The summed E-state index contributed by atoms with van der Waals surface area (Å²) in [6, 6.07) is 18.1. The molecule has 2 aromatic rings. The Morgan fingerprint density at radius 1 is 1.05 bits per heavy atom. The molecule has 19 heavy (non-hydrogen) atoms. The lowest BCUT2D eigenvalue weighted by atomic mass is 10.1. The lowest BCUT2D eigenvalue weighted by Gasteiger charge is -1.90. The summed E-state index contributed by atoms with van der Waals surface area (Å²) in [6.07, 6.45) is 1.31. The van der Waals surface area contributed by atoms with Gasteiger partial charge in [0.2, 0.25) is 0 Å². The highest BCUT2D eigenvalue weighted by Crippen LogP contribution is 2.08. The molecule has 4 nitrogen and oxygen atoms in total. The number of ketones is 1. The Labute approximate surface area is 111 Å². The molecule has 0 atom stereocenters. The summed E-state index contributed by atoms with van der Waals surface area (Å²) < 4.78 is 0. The summed E-state index contributed by atoms with van der Waals surface area (Å²) in [4.78, 5) is 13.5. The Morgan fingerprint density at radius 2 is 1.58 bits per heavy atom. The number of hydrogen-bond donors (Lipinski definition) is 0. The number of carbonyl (C=O) groups excluding carboxylic acids is 1. The SMILES string of the molecule is C=CC(=O)c1ccccc1.[N-]=[N+]=Nc1ccccc1.